The van der Waals surface area contributed by atoms with Crippen LogP contribution < -0.4 is 9.47 Å². The zero-order valence-corrected chi connectivity index (χ0v) is 12.7. The first-order valence-corrected chi connectivity index (χ1v) is 7.73. The molecule has 0 saturated carbocycles. The van der Waals surface area contributed by atoms with Crippen LogP contribution in [0.15, 0.2) is 30.9 Å². The second-order valence-corrected chi connectivity index (χ2v) is 5.67. The second-order valence-electron chi connectivity index (χ2n) is 3.84. The lowest BCUT2D eigenvalue weighted by atomic mass is 10.3. The molecule has 102 valence electrons. The average Bonchev–Trinajstić information content (AvgIpc) is 2.92. The number of nitrogens with zero attached hydrogens (tertiary/aromatic N) is 1. The standard InChI is InChI=1S/C13H14ClNO2S2/c1-2-7-16-12-10(14)4-3-5-11(12)17-13(18)15-6-8-19-9-15/h2-5H,1,6-9H2. The van der Waals surface area contributed by atoms with Gasteiger partial charge in [0.25, 0.3) is 5.17 Å². The van der Waals surface area contributed by atoms with Gasteiger partial charge in [-0.25, -0.2) is 0 Å². The Morgan fingerprint density at radius 2 is 2.42 bits per heavy atom. The number of thiocarbonyl (C=S) groups is 1. The highest BCUT2D eigenvalue weighted by Gasteiger charge is 2.19. The van der Waals surface area contributed by atoms with Crippen molar-refractivity contribution in [1.29, 1.82) is 0 Å². The lowest BCUT2D eigenvalue weighted by molar-refractivity contribution is 0.338. The fourth-order valence-electron chi connectivity index (χ4n) is 1.57. The molecule has 1 aliphatic rings. The summed E-state index contributed by atoms with van der Waals surface area (Å²) >= 11 is 13.2. The van der Waals surface area contributed by atoms with Crippen molar-refractivity contribution < 1.29 is 9.47 Å². The number of para-hydroxylation sites is 1. The summed E-state index contributed by atoms with van der Waals surface area (Å²) in [5.74, 6) is 2.97. The van der Waals surface area contributed by atoms with Crippen molar-refractivity contribution in [2.75, 3.05) is 24.8 Å². The Kier molecular flexibility index (Phi) is 5.36. The lowest BCUT2D eigenvalue weighted by Gasteiger charge is -2.19. The van der Waals surface area contributed by atoms with Crippen LogP contribution in [-0.4, -0.2) is 34.9 Å². The molecule has 1 heterocycles. The van der Waals surface area contributed by atoms with Gasteiger partial charge in [-0.2, -0.15) is 0 Å². The van der Waals surface area contributed by atoms with Crippen LogP contribution in [0.4, 0.5) is 0 Å². The summed E-state index contributed by atoms with van der Waals surface area (Å²) in [4.78, 5) is 2.01. The topological polar surface area (TPSA) is 21.7 Å². The van der Waals surface area contributed by atoms with E-state index in [0.717, 1.165) is 18.2 Å². The average molecular weight is 316 g/mol. The summed E-state index contributed by atoms with van der Waals surface area (Å²) in [6.07, 6.45) is 1.66. The van der Waals surface area contributed by atoms with E-state index in [1.165, 1.54) is 0 Å². The first-order chi connectivity index (χ1) is 9.22. The fourth-order valence-corrected chi connectivity index (χ4v) is 3.06. The minimum Gasteiger partial charge on any atom is -0.484 e. The van der Waals surface area contributed by atoms with E-state index in [1.807, 2.05) is 16.7 Å². The summed E-state index contributed by atoms with van der Waals surface area (Å²) in [5, 5.41) is 0.952. The molecule has 0 aliphatic carbocycles. The number of hydrogen-bond acceptors (Lipinski definition) is 4. The molecule has 2 rings (SSSR count). The molecule has 0 amide bonds. The molecule has 1 aliphatic heterocycles. The number of halogens is 1. The number of hydrogen-bond donors (Lipinski definition) is 0. The number of ether oxygens (including phenoxy) is 2. The minimum atomic E-state index is 0.367. The van der Waals surface area contributed by atoms with E-state index >= 15 is 0 Å². The van der Waals surface area contributed by atoms with Gasteiger partial charge in [-0.05, 0) is 24.4 Å². The zero-order valence-electron chi connectivity index (χ0n) is 10.3. The van der Waals surface area contributed by atoms with Gasteiger partial charge in [-0.1, -0.05) is 30.3 Å². The van der Waals surface area contributed by atoms with E-state index in [-0.39, 0.29) is 0 Å². The molecule has 1 aromatic rings. The Bertz CT molecular complexity index is 476. The van der Waals surface area contributed by atoms with Gasteiger partial charge in [0.1, 0.15) is 6.61 Å². The molecular weight excluding hydrogens is 302 g/mol. The third-order valence-corrected chi connectivity index (χ3v) is 4.09. The molecule has 1 saturated heterocycles. The fraction of sp³-hybridized carbons (Fsp3) is 0.308. The van der Waals surface area contributed by atoms with E-state index < -0.39 is 0 Å². The molecule has 6 heteroatoms. The van der Waals surface area contributed by atoms with Crippen LogP contribution in [0.5, 0.6) is 11.5 Å². The van der Waals surface area contributed by atoms with Gasteiger partial charge in [0.15, 0.2) is 11.5 Å². The van der Waals surface area contributed by atoms with E-state index in [1.54, 1.807) is 24.3 Å². The van der Waals surface area contributed by atoms with Crippen LogP contribution >= 0.6 is 35.6 Å². The number of benzene rings is 1. The van der Waals surface area contributed by atoms with E-state index in [4.69, 9.17) is 33.3 Å². The molecule has 0 aromatic heterocycles. The Morgan fingerprint density at radius 3 is 3.11 bits per heavy atom. The molecule has 0 atom stereocenters. The minimum absolute atomic E-state index is 0.367. The Labute approximate surface area is 127 Å². The van der Waals surface area contributed by atoms with Gasteiger partial charge >= 0.3 is 0 Å². The molecule has 0 unspecified atom stereocenters. The van der Waals surface area contributed by atoms with Crippen molar-refractivity contribution in [3.05, 3.63) is 35.9 Å². The molecule has 1 aromatic carbocycles. The van der Waals surface area contributed by atoms with Crippen LogP contribution in [0.25, 0.3) is 0 Å². The predicted molar refractivity (Wildman–Crippen MR) is 84.4 cm³/mol. The van der Waals surface area contributed by atoms with Gasteiger partial charge in [0.2, 0.25) is 0 Å². The van der Waals surface area contributed by atoms with Crippen molar-refractivity contribution in [3.8, 4) is 11.5 Å². The first-order valence-electron chi connectivity index (χ1n) is 5.79. The number of thioether (sulfide) groups is 1. The first kappa shape index (κ1) is 14.5. The third kappa shape index (κ3) is 3.78. The van der Waals surface area contributed by atoms with E-state index in [0.29, 0.717) is 28.3 Å². The summed E-state index contributed by atoms with van der Waals surface area (Å²) in [6.45, 7) is 4.89. The van der Waals surface area contributed by atoms with Crippen LogP contribution in [0.3, 0.4) is 0 Å². The third-order valence-electron chi connectivity index (χ3n) is 2.48. The molecule has 0 spiro atoms. The van der Waals surface area contributed by atoms with E-state index in [9.17, 15) is 0 Å². The normalized spacial score (nSPS) is 14.3. The summed E-state index contributed by atoms with van der Waals surface area (Å²) in [6, 6.07) is 5.35. The molecule has 1 fully saturated rings. The summed E-state index contributed by atoms with van der Waals surface area (Å²) in [7, 11) is 0. The quantitative estimate of drug-likeness (QED) is 0.624. The molecule has 0 radical (unpaired) electrons. The Hall–Kier alpha value is -0.910. The van der Waals surface area contributed by atoms with Crippen molar-refractivity contribution in [1.82, 2.24) is 4.90 Å². The zero-order chi connectivity index (χ0) is 13.7. The van der Waals surface area contributed by atoms with Crippen molar-refractivity contribution in [2.24, 2.45) is 0 Å². The summed E-state index contributed by atoms with van der Waals surface area (Å²) < 4.78 is 11.2. The highest BCUT2D eigenvalue weighted by molar-refractivity contribution is 7.99. The van der Waals surface area contributed by atoms with Crippen LogP contribution in [0.2, 0.25) is 5.02 Å². The van der Waals surface area contributed by atoms with Gasteiger partial charge in [-0.15, -0.1) is 11.8 Å². The molecular formula is C13H14ClNO2S2. The summed E-state index contributed by atoms with van der Waals surface area (Å²) in [5.41, 5.74) is 0. The van der Waals surface area contributed by atoms with Crippen molar-refractivity contribution >= 4 is 40.8 Å². The largest absolute Gasteiger partial charge is 0.484 e. The van der Waals surface area contributed by atoms with Gasteiger partial charge in [0, 0.05) is 12.3 Å². The molecule has 0 N–H and O–H groups in total. The van der Waals surface area contributed by atoms with E-state index in [2.05, 4.69) is 6.58 Å². The maximum absolute atomic E-state index is 6.11. The van der Waals surface area contributed by atoms with Gasteiger partial charge < -0.3 is 14.4 Å². The molecule has 19 heavy (non-hydrogen) atoms. The van der Waals surface area contributed by atoms with Crippen LogP contribution in [-0.2, 0) is 0 Å². The maximum atomic E-state index is 6.11. The lowest BCUT2D eigenvalue weighted by Crippen LogP contribution is -2.30. The second kappa shape index (κ2) is 7.03. The van der Waals surface area contributed by atoms with Gasteiger partial charge in [0.05, 0.1) is 10.9 Å². The highest BCUT2D eigenvalue weighted by Crippen LogP contribution is 2.35. The molecule has 3 nitrogen and oxygen atoms in total. The Morgan fingerprint density at radius 1 is 1.58 bits per heavy atom. The monoisotopic (exact) mass is 315 g/mol. The van der Waals surface area contributed by atoms with Crippen molar-refractivity contribution in [2.45, 2.75) is 0 Å². The van der Waals surface area contributed by atoms with Gasteiger partial charge in [-0.3, -0.25) is 0 Å². The SMILES string of the molecule is C=CCOc1c(Cl)cccc1OC(=S)N1CCSC1. The van der Waals surface area contributed by atoms with Crippen LogP contribution in [0.1, 0.15) is 0 Å². The highest BCUT2D eigenvalue weighted by atomic mass is 35.5. The number of rotatable bonds is 4. The Balaban J connectivity index is 2.11. The van der Waals surface area contributed by atoms with Crippen LogP contribution in [0, 0.1) is 0 Å². The predicted octanol–water partition coefficient (Wildman–Crippen LogP) is 3.57. The smallest absolute Gasteiger partial charge is 0.265 e. The van der Waals surface area contributed by atoms with Crippen molar-refractivity contribution in [3.63, 3.8) is 0 Å². The molecule has 0 bridgehead atoms. The maximum Gasteiger partial charge on any atom is 0.265 e.